The Morgan fingerprint density at radius 1 is 1.14 bits per heavy atom. The highest BCUT2D eigenvalue weighted by Crippen LogP contribution is 2.11. The molecule has 0 aliphatic heterocycles. The molecule has 1 heterocycles. The number of nitrogens with one attached hydrogen (secondary N) is 1. The van der Waals surface area contributed by atoms with Gasteiger partial charge in [-0.1, -0.05) is 26.0 Å². The van der Waals surface area contributed by atoms with Crippen molar-refractivity contribution in [1.29, 1.82) is 0 Å². The maximum atomic E-state index is 12.6. The molecule has 28 heavy (non-hydrogen) atoms. The van der Waals surface area contributed by atoms with E-state index in [4.69, 9.17) is 4.74 Å². The van der Waals surface area contributed by atoms with Gasteiger partial charge in [0.2, 0.25) is 0 Å². The third-order valence-electron chi connectivity index (χ3n) is 4.28. The Kier molecular flexibility index (Phi) is 6.55. The molecule has 1 N–H and O–H groups in total. The first-order valence-electron chi connectivity index (χ1n) is 9.49. The van der Waals surface area contributed by atoms with Crippen LogP contribution in [-0.4, -0.2) is 35.2 Å². The van der Waals surface area contributed by atoms with Crippen molar-refractivity contribution in [3.63, 3.8) is 0 Å². The fourth-order valence-electron chi connectivity index (χ4n) is 2.82. The lowest BCUT2D eigenvalue weighted by Gasteiger charge is -2.09. The van der Waals surface area contributed by atoms with Crippen LogP contribution >= 0.6 is 0 Å². The van der Waals surface area contributed by atoms with E-state index in [-0.39, 0.29) is 11.5 Å². The molecule has 146 valence electrons. The van der Waals surface area contributed by atoms with Crippen LogP contribution in [0.4, 0.5) is 0 Å². The average molecular weight is 379 g/mol. The molecule has 3 rings (SSSR count). The maximum Gasteiger partial charge on any atom is 0.265 e. The van der Waals surface area contributed by atoms with Gasteiger partial charge in [0.25, 0.3) is 11.5 Å². The van der Waals surface area contributed by atoms with Gasteiger partial charge < -0.3 is 10.1 Å². The smallest absolute Gasteiger partial charge is 0.265 e. The molecule has 0 aliphatic rings. The summed E-state index contributed by atoms with van der Waals surface area (Å²) in [4.78, 5) is 29.2. The number of hydrogen-bond acceptors (Lipinski definition) is 4. The summed E-state index contributed by atoms with van der Waals surface area (Å²) < 4.78 is 6.98. The third kappa shape index (κ3) is 4.84. The lowest BCUT2D eigenvalue weighted by molar-refractivity contribution is 0.0925. The van der Waals surface area contributed by atoms with Gasteiger partial charge in [-0.2, -0.15) is 0 Å². The van der Waals surface area contributed by atoms with Gasteiger partial charge >= 0.3 is 0 Å². The van der Waals surface area contributed by atoms with Gasteiger partial charge in [0.15, 0.2) is 0 Å². The predicted molar refractivity (Wildman–Crippen MR) is 110 cm³/mol. The van der Waals surface area contributed by atoms with Gasteiger partial charge in [-0.3, -0.25) is 14.2 Å². The number of ether oxygens (including phenoxy) is 1. The molecule has 1 aromatic heterocycles. The molecule has 0 fully saturated rings. The summed E-state index contributed by atoms with van der Waals surface area (Å²) in [7, 11) is 0. The first kappa shape index (κ1) is 19.8. The SMILES string of the molecule is CC(C)COCCCNC(=O)c1ccc(-n2cnc3ccccc3c2=O)cc1. The number of fused-ring (bicyclic) bond motifs is 1. The van der Waals surface area contributed by atoms with E-state index in [0.717, 1.165) is 13.0 Å². The summed E-state index contributed by atoms with van der Waals surface area (Å²) in [5.74, 6) is 0.373. The van der Waals surface area contributed by atoms with Crippen LogP contribution in [0.1, 0.15) is 30.6 Å². The number of hydrogen-bond donors (Lipinski definition) is 1. The first-order valence-corrected chi connectivity index (χ1v) is 9.49. The van der Waals surface area contributed by atoms with Crippen molar-refractivity contribution in [2.75, 3.05) is 19.8 Å². The molecular formula is C22H25N3O3. The normalized spacial score (nSPS) is 11.1. The molecule has 0 unspecified atom stereocenters. The van der Waals surface area contributed by atoms with Gasteiger partial charge in [-0.25, -0.2) is 4.98 Å². The summed E-state index contributed by atoms with van der Waals surface area (Å²) in [5.41, 5.74) is 1.75. The second kappa shape index (κ2) is 9.28. The molecule has 0 atom stereocenters. The second-order valence-electron chi connectivity index (χ2n) is 7.06. The third-order valence-corrected chi connectivity index (χ3v) is 4.28. The van der Waals surface area contributed by atoms with Crippen molar-refractivity contribution in [1.82, 2.24) is 14.9 Å². The number of para-hydroxylation sites is 1. The number of rotatable bonds is 8. The van der Waals surface area contributed by atoms with Crippen molar-refractivity contribution in [2.45, 2.75) is 20.3 Å². The Hall–Kier alpha value is -2.99. The molecule has 2 aromatic carbocycles. The van der Waals surface area contributed by atoms with E-state index in [9.17, 15) is 9.59 Å². The van der Waals surface area contributed by atoms with E-state index in [0.29, 0.717) is 41.2 Å². The van der Waals surface area contributed by atoms with Gasteiger partial charge in [-0.05, 0) is 48.7 Å². The van der Waals surface area contributed by atoms with Crippen LogP contribution < -0.4 is 10.9 Å². The number of carbonyl (C=O) groups excluding carboxylic acids is 1. The highest BCUT2D eigenvalue weighted by atomic mass is 16.5. The van der Waals surface area contributed by atoms with Crippen LogP contribution in [0, 0.1) is 5.92 Å². The molecule has 1 amide bonds. The average Bonchev–Trinajstić information content (AvgIpc) is 2.71. The molecule has 0 saturated heterocycles. The minimum Gasteiger partial charge on any atom is -0.381 e. The topological polar surface area (TPSA) is 73.2 Å². The minimum absolute atomic E-state index is 0.135. The number of benzene rings is 2. The van der Waals surface area contributed by atoms with Crippen molar-refractivity contribution >= 4 is 16.8 Å². The lowest BCUT2D eigenvalue weighted by atomic mass is 10.2. The zero-order valence-electron chi connectivity index (χ0n) is 16.2. The lowest BCUT2D eigenvalue weighted by Crippen LogP contribution is -2.25. The van der Waals surface area contributed by atoms with E-state index in [1.165, 1.54) is 10.9 Å². The molecule has 0 aliphatic carbocycles. The van der Waals surface area contributed by atoms with E-state index in [1.54, 1.807) is 30.3 Å². The summed E-state index contributed by atoms with van der Waals surface area (Å²) in [6, 6.07) is 14.1. The van der Waals surface area contributed by atoms with Crippen molar-refractivity contribution < 1.29 is 9.53 Å². The highest BCUT2D eigenvalue weighted by molar-refractivity contribution is 5.94. The quantitative estimate of drug-likeness (QED) is 0.610. The first-order chi connectivity index (χ1) is 13.6. The van der Waals surface area contributed by atoms with Crippen LogP contribution in [-0.2, 0) is 4.74 Å². The van der Waals surface area contributed by atoms with Crippen molar-refractivity contribution in [2.24, 2.45) is 5.92 Å². The van der Waals surface area contributed by atoms with Gasteiger partial charge in [0.1, 0.15) is 6.33 Å². The highest BCUT2D eigenvalue weighted by Gasteiger charge is 2.08. The minimum atomic E-state index is -0.139. The summed E-state index contributed by atoms with van der Waals surface area (Å²) in [5, 5.41) is 3.44. The Morgan fingerprint density at radius 2 is 1.89 bits per heavy atom. The molecule has 0 radical (unpaired) electrons. The van der Waals surface area contributed by atoms with Crippen LogP contribution in [0.15, 0.2) is 59.7 Å². The monoisotopic (exact) mass is 379 g/mol. The maximum absolute atomic E-state index is 12.6. The molecule has 6 heteroatoms. The van der Waals surface area contributed by atoms with Crippen LogP contribution in [0.25, 0.3) is 16.6 Å². The molecule has 0 saturated carbocycles. The van der Waals surface area contributed by atoms with E-state index in [2.05, 4.69) is 24.1 Å². The van der Waals surface area contributed by atoms with Crippen LogP contribution in [0.5, 0.6) is 0 Å². The standard InChI is InChI=1S/C22H25N3O3/c1-16(2)14-28-13-5-12-23-21(26)17-8-10-18(11-9-17)25-15-24-20-7-4-3-6-19(20)22(25)27/h3-4,6-11,15-16H,5,12-14H2,1-2H3,(H,23,26). The largest absolute Gasteiger partial charge is 0.381 e. The Labute approximate surface area is 164 Å². The number of aromatic nitrogens is 2. The van der Waals surface area contributed by atoms with Gasteiger partial charge in [-0.15, -0.1) is 0 Å². The summed E-state index contributed by atoms with van der Waals surface area (Å²) in [6.45, 7) is 6.14. The fourth-order valence-corrected chi connectivity index (χ4v) is 2.82. The van der Waals surface area contributed by atoms with Crippen molar-refractivity contribution in [3.8, 4) is 5.69 Å². The molecule has 0 bridgehead atoms. The van der Waals surface area contributed by atoms with Gasteiger partial charge in [0.05, 0.1) is 16.6 Å². The predicted octanol–water partition coefficient (Wildman–Crippen LogP) is 3.18. The van der Waals surface area contributed by atoms with E-state index < -0.39 is 0 Å². The summed E-state index contributed by atoms with van der Waals surface area (Å²) >= 11 is 0. The van der Waals surface area contributed by atoms with E-state index >= 15 is 0 Å². The Bertz CT molecular complexity index is 994. The molecule has 0 spiro atoms. The zero-order chi connectivity index (χ0) is 19.9. The zero-order valence-corrected chi connectivity index (χ0v) is 16.2. The fraction of sp³-hybridized carbons (Fsp3) is 0.318. The Balaban J connectivity index is 1.61. The van der Waals surface area contributed by atoms with Gasteiger partial charge in [0, 0.05) is 25.3 Å². The second-order valence-corrected chi connectivity index (χ2v) is 7.06. The Morgan fingerprint density at radius 3 is 2.64 bits per heavy atom. The number of amides is 1. The van der Waals surface area contributed by atoms with Crippen LogP contribution in [0.3, 0.4) is 0 Å². The molecular weight excluding hydrogens is 354 g/mol. The molecule has 6 nitrogen and oxygen atoms in total. The van der Waals surface area contributed by atoms with Crippen molar-refractivity contribution in [3.05, 3.63) is 70.8 Å². The number of carbonyl (C=O) groups is 1. The van der Waals surface area contributed by atoms with E-state index in [1.807, 2.05) is 18.2 Å². The summed E-state index contributed by atoms with van der Waals surface area (Å²) in [6.07, 6.45) is 2.28. The van der Waals surface area contributed by atoms with Crippen LogP contribution in [0.2, 0.25) is 0 Å². The molecule has 3 aromatic rings. The number of nitrogens with zero attached hydrogens (tertiary/aromatic N) is 2.